The third-order valence-corrected chi connectivity index (χ3v) is 2.48. The summed E-state index contributed by atoms with van der Waals surface area (Å²) >= 11 is 0. The van der Waals surface area contributed by atoms with Crippen LogP contribution in [0.4, 0.5) is 4.39 Å². The fourth-order valence-electron chi connectivity index (χ4n) is 1.61. The highest BCUT2D eigenvalue weighted by molar-refractivity contribution is 6.06. The summed E-state index contributed by atoms with van der Waals surface area (Å²) in [5.74, 6) is -1.01. The molecule has 1 N–H and O–H groups in total. The zero-order chi connectivity index (χ0) is 11.9. The summed E-state index contributed by atoms with van der Waals surface area (Å²) < 4.78 is 18.5. The fourth-order valence-corrected chi connectivity index (χ4v) is 1.61. The van der Waals surface area contributed by atoms with Gasteiger partial charge in [-0.15, -0.1) is 0 Å². The monoisotopic (exact) mass is 227 g/mol. The summed E-state index contributed by atoms with van der Waals surface area (Å²) in [7, 11) is 0. The number of alkyl halides is 1. The number of aliphatic hydroxyl groups is 1. The number of amides is 1. The zero-order valence-electron chi connectivity index (χ0n) is 8.30. The van der Waals surface area contributed by atoms with Gasteiger partial charge in [0.05, 0.1) is 6.42 Å². The van der Waals surface area contributed by atoms with Gasteiger partial charge in [-0.2, -0.15) is 0 Å². The van der Waals surface area contributed by atoms with Crippen LogP contribution in [0.3, 0.4) is 0 Å². The lowest BCUT2D eigenvalue weighted by Gasteiger charge is -2.27. The molecule has 0 radical (unpaired) electrons. The summed E-state index contributed by atoms with van der Waals surface area (Å²) in [6.07, 6.45) is -2.41. The molecular weight excluding hydrogens is 217 g/mol. The number of nitrogens with zero attached hydrogens (tertiary/aromatic N) is 1. The lowest BCUT2D eigenvalue weighted by molar-refractivity contribution is -0.142. The van der Waals surface area contributed by atoms with E-state index in [2.05, 4.69) is 6.58 Å². The van der Waals surface area contributed by atoms with E-state index in [1.54, 1.807) is 0 Å². The van der Waals surface area contributed by atoms with Gasteiger partial charge in [-0.1, -0.05) is 6.58 Å². The first-order valence-corrected chi connectivity index (χ1v) is 4.70. The summed E-state index contributed by atoms with van der Waals surface area (Å²) in [6, 6.07) is 0. The van der Waals surface area contributed by atoms with Crippen molar-refractivity contribution in [2.24, 2.45) is 0 Å². The second kappa shape index (κ2) is 3.71. The van der Waals surface area contributed by atoms with E-state index >= 15 is 0 Å². The number of hydrogen-bond donors (Lipinski definition) is 1. The first kappa shape index (κ1) is 10.8. The van der Waals surface area contributed by atoms with Gasteiger partial charge < -0.3 is 9.84 Å². The molecule has 1 saturated heterocycles. The van der Waals surface area contributed by atoms with Gasteiger partial charge in [-0.05, 0) is 6.08 Å². The molecule has 2 aliphatic heterocycles. The Labute approximate surface area is 90.8 Å². The molecule has 2 rings (SSSR count). The molecule has 0 spiro atoms. The summed E-state index contributed by atoms with van der Waals surface area (Å²) in [5, 5.41) is 9.28. The van der Waals surface area contributed by atoms with Crippen LogP contribution in [0.5, 0.6) is 0 Å². The van der Waals surface area contributed by atoms with Gasteiger partial charge >= 0.3 is 0 Å². The van der Waals surface area contributed by atoms with Crippen LogP contribution in [0.15, 0.2) is 24.6 Å². The quantitative estimate of drug-likeness (QED) is 0.634. The number of aliphatic hydroxyl groups excluding tert-OH is 1. The molecule has 3 atom stereocenters. The maximum Gasteiger partial charge on any atom is 0.237 e. The SMILES string of the molecule is C=C1O[C@@H](N2C=CC(=O)CC2=O)[C@H](F)[C@@H]1O. The number of halogens is 1. The second-order valence-electron chi connectivity index (χ2n) is 3.62. The van der Waals surface area contributed by atoms with Crippen molar-refractivity contribution in [2.45, 2.75) is 24.9 Å². The molecule has 86 valence electrons. The fraction of sp³-hybridized carbons (Fsp3) is 0.400. The van der Waals surface area contributed by atoms with Gasteiger partial charge in [0.1, 0.15) is 11.9 Å². The Morgan fingerprint density at radius 3 is 2.75 bits per heavy atom. The molecule has 0 aromatic heterocycles. The first-order valence-electron chi connectivity index (χ1n) is 4.70. The minimum atomic E-state index is -1.76. The normalized spacial score (nSPS) is 34.5. The molecule has 1 fully saturated rings. The average molecular weight is 227 g/mol. The Kier molecular flexibility index (Phi) is 2.51. The molecular formula is C10H10FNO4. The minimum absolute atomic E-state index is 0.115. The predicted molar refractivity (Wildman–Crippen MR) is 50.5 cm³/mol. The van der Waals surface area contributed by atoms with Gasteiger partial charge in [0.25, 0.3) is 0 Å². The van der Waals surface area contributed by atoms with Crippen molar-refractivity contribution in [3.8, 4) is 0 Å². The van der Waals surface area contributed by atoms with E-state index in [9.17, 15) is 19.1 Å². The van der Waals surface area contributed by atoms with Crippen molar-refractivity contribution >= 4 is 11.7 Å². The van der Waals surface area contributed by atoms with Gasteiger partial charge in [-0.3, -0.25) is 14.5 Å². The standard InChI is InChI=1S/C10H10FNO4/c1-5-9(15)8(11)10(16-5)12-3-2-6(13)4-7(12)14/h2-3,8-10,15H,1,4H2/t8-,9-,10-/m1/s1. The molecule has 2 aliphatic rings. The van der Waals surface area contributed by atoms with Crippen LogP contribution in [0, 0.1) is 0 Å². The van der Waals surface area contributed by atoms with Crippen LogP contribution in [0.25, 0.3) is 0 Å². The topological polar surface area (TPSA) is 66.8 Å². The highest BCUT2D eigenvalue weighted by Gasteiger charge is 2.45. The highest BCUT2D eigenvalue weighted by Crippen LogP contribution is 2.29. The number of hydrogen-bond acceptors (Lipinski definition) is 4. The highest BCUT2D eigenvalue weighted by atomic mass is 19.1. The minimum Gasteiger partial charge on any atom is -0.469 e. The molecule has 6 heteroatoms. The molecule has 2 heterocycles. The molecule has 16 heavy (non-hydrogen) atoms. The lowest BCUT2D eigenvalue weighted by atomic mass is 10.1. The second-order valence-corrected chi connectivity index (χ2v) is 3.62. The van der Waals surface area contributed by atoms with Crippen LogP contribution in [-0.2, 0) is 14.3 Å². The van der Waals surface area contributed by atoms with Crippen LogP contribution >= 0.6 is 0 Å². The van der Waals surface area contributed by atoms with Gasteiger partial charge in [0.15, 0.2) is 12.0 Å². The Morgan fingerprint density at radius 2 is 2.25 bits per heavy atom. The molecule has 0 aliphatic carbocycles. The summed E-state index contributed by atoms with van der Waals surface area (Å²) in [6.45, 7) is 3.33. The van der Waals surface area contributed by atoms with Crippen molar-refractivity contribution in [1.29, 1.82) is 0 Å². The Morgan fingerprint density at radius 1 is 1.56 bits per heavy atom. The Hall–Kier alpha value is -1.69. The Balaban J connectivity index is 2.20. The van der Waals surface area contributed by atoms with Crippen molar-refractivity contribution in [2.75, 3.05) is 0 Å². The average Bonchev–Trinajstić information content (AvgIpc) is 2.46. The molecule has 1 amide bonds. The van der Waals surface area contributed by atoms with Gasteiger partial charge in [-0.25, -0.2) is 4.39 Å². The van der Waals surface area contributed by atoms with Crippen molar-refractivity contribution in [3.63, 3.8) is 0 Å². The predicted octanol–water partition coefficient (Wildman–Crippen LogP) is -0.130. The smallest absolute Gasteiger partial charge is 0.237 e. The van der Waals surface area contributed by atoms with E-state index in [0.29, 0.717) is 0 Å². The van der Waals surface area contributed by atoms with Crippen molar-refractivity contribution in [1.82, 2.24) is 4.90 Å². The number of ether oxygens (including phenoxy) is 1. The van der Waals surface area contributed by atoms with Gasteiger partial charge in [0, 0.05) is 6.20 Å². The van der Waals surface area contributed by atoms with Crippen LogP contribution in [0.2, 0.25) is 0 Å². The zero-order valence-corrected chi connectivity index (χ0v) is 8.30. The molecule has 0 aromatic carbocycles. The first-order chi connectivity index (χ1) is 7.50. The number of rotatable bonds is 1. The Bertz CT molecular complexity index is 392. The molecule has 5 nitrogen and oxygen atoms in total. The summed E-state index contributed by atoms with van der Waals surface area (Å²) in [5.41, 5.74) is 0. The van der Waals surface area contributed by atoms with Crippen LogP contribution in [0.1, 0.15) is 6.42 Å². The number of ketones is 1. The largest absolute Gasteiger partial charge is 0.469 e. The third kappa shape index (κ3) is 1.61. The van der Waals surface area contributed by atoms with Crippen molar-refractivity contribution in [3.05, 3.63) is 24.6 Å². The van der Waals surface area contributed by atoms with Gasteiger partial charge in [0.2, 0.25) is 12.1 Å². The van der Waals surface area contributed by atoms with Crippen LogP contribution in [-0.4, -0.2) is 40.2 Å². The van der Waals surface area contributed by atoms with E-state index in [1.807, 2.05) is 0 Å². The molecule has 0 aromatic rings. The van der Waals surface area contributed by atoms with E-state index in [0.717, 1.165) is 11.1 Å². The number of allylic oxidation sites excluding steroid dienone is 1. The van der Waals surface area contributed by atoms with E-state index in [-0.39, 0.29) is 18.0 Å². The molecule has 0 bridgehead atoms. The third-order valence-electron chi connectivity index (χ3n) is 2.48. The van der Waals surface area contributed by atoms with E-state index in [4.69, 9.17) is 4.74 Å². The maximum absolute atomic E-state index is 13.5. The molecule has 0 saturated carbocycles. The van der Waals surface area contributed by atoms with Crippen molar-refractivity contribution < 1.29 is 23.8 Å². The van der Waals surface area contributed by atoms with E-state index < -0.39 is 24.4 Å². The number of carbonyl (C=O) groups excluding carboxylic acids is 2. The van der Waals surface area contributed by atoms with E-state index in [1.165, 1.54) is 6.08 Å². The summed E-state index contributed by atoms with van der Waals surface area (Å²) in [4.78, 5) is 23.3. The molecule has 0 unspecified atom stereocenters. The number of carbonyl (C=O) groups is 2. The lowest BCUT2D eigenvalue weighted by Crippen LogP contribution is -2.44. The van der Waals surface area contributed by atoms with Crippen LogP contribution < -0.4 is 0 Å². The maximum atomic E-state index is 13.5.